The van der Waals surface area contributed by atoms with Crippen LogP contribution in [0.5, 0.6) is 11.5 Å². The van der Waals surface area contributed by atoms with E-state index in [0.717, 1.165) is 22.8 Å². The Bertz CT molecular complexity index is 845. The summed E-state index contributed by atoms with van der Waals surface area (Å²) >= 11 is 0. The van der Waals surface area contributed by atoms with E-state index in [0.29, 0.717) is 11.6 Å². The Morgan fingerprint density at radius 1 is 1.04 bits per heavy atom. The van der Waals surface area contributed by atoms with Gasteiger partial charge in [0.25, 0.3) is 0 Å². The molecule has 0 radical (unpaired) electrons. The fourth-order valence-electron chi connectivity index (χ4n) is 2.54. The Kier molecular flexibility index (Phi) is 4.83. The van der Waals surface area contributed by atoms with Crippen LogP contribution in [0.2, 0.25) is 0 Å². The summed E-state index contributed by atoms with van der Waals surface area (Å²) in [5.41, 5.74) is 1.91. The molecule has 1 aromatic carbocycles. The molecule has 7 heteroatoms. The van der Waals surface area contributed by atoms with E-state index in [2.05, 4.69) is 20.6 Å². The minimum absolute atomic E-state index is 0.0304. The molecule has 0 aliphatic heterocycles. The van der Waals surface area contributed by atoms with Crippen molar-refractivity contribution in [2.75, 3.05) is 19.5 Å². The minimum Gasteiger partial charge on any atom is -0.497 e. The average Bonchev–Trinajstić information content (AvgIpc) is 3.08. The first-order valence-corrected chi connectivity index (χ1v) is 7.95. The maximum absolute atomic E-state index is 5.44. The predicted octanol–water partition coefficient (Wildman–Crippen LogP) is 3.16. The SMILES string of the molecule is COc1ccc(OC)c(C(C)Nc2ccc(-n3ccc(C)n3)nn2)c1. The first kappa shape index (κ1) is 16.8. The van der Waals surface area contributed by atoms with Gasteiger partial charge >= 0.3 is 0 Å². The molecule has 0 aliphatic carbocycles. The van der Waals surface area contributed by atoms with E-state index in [1.165, 1.54) is 0 Å². The minimum atomic E-state index is -0.0304. The standard InChI is InChI=1S/C18H21N5O2/c1-12-9-10-23(22-12)18-8-7-17(20-21-18)19-13(2)15-11-14(24-3)5-6-16(15)25-4/h5-11,13H,1-4H3,(H,19,20). The van der Waals surface area contributed by atoms with Crippen molar-refractivity contribution in [3.63, 3.8) is 0 Å². The zero-order valence-corrected chi connectivity index (χ0v) is 14.7. The molecule has 1 N–H and O–H groups in total. The molecule has 0 spiro atoms. The second-order valence-corrected chi connectivity index (χ2v) is 5.65. The van der Waals surface area contributed by atoms with Gasteiger partial charge in [0, 0.05) is 11.8 Å². The van der Waals surface area contributed by atoms with Crippen molar-refractivity contribution in [1.29, 1.82) is 0 Å². The predicted molar refractivity (Wildman–Crippen MR) is 95.5 cm³/mol. The molecule has 130 valence electrons. The molecule has 0 aliphatic rings. The largest absolute Gasteiger partial charge is 0.497 e. The molecule has 0 amide bonds. The van der Waals surface area contributed by atoms with Gasteiger partial charge in [0.2, 0.25) is 0 Å². The van der Waals surface area contributed by atoms with Gasteiger partial charge < -0.3 is 14.8 Å². The van der Waals surface area contributed by atoms with Crippen LogP contribution in [0, 0.1) is 6.92 Å². The van der Waals surface area contributed by atoms with E-state index in [9.17, 15) is 0 Å². The summed E-state index contributed by atoms with van der Waals surface area (Å²) < 4.78 is 12.4. The van der Waals surface area contributed by atoms with Gasteiger partial charge in [0.15, 0.2) is 5.82 Å². The van der Waals surface area contributed by atoms with Crippen LogP contribution in [0.3, 0.4) is 0 Å². The number of rotatable bonds is 6. The van der Waals surface area contributed by atoms with Crippen molar-refractivity contribution in [3.8, 4) is 17.3 Å². The first-order chi connectivity index (χ1) is 12.1. The monoisotopic (exact) mass is 339 g/mol. The number of nitrogens with one attached hydrogen (secondary N) is 1. The van der Waals surface area contributed by atoms with Crippen LogP contribution < -0.4 is 14.8 Å². The van der Waals surface area contributed by atoms with Crippen LogP contribution in [0.1, 0.15) is 24.2 Å². The van der Waals surface area contributed by atoms with Crippen molar-refractivity contribution < 1.29 is 9.47 Å². The Hall–Kier alpha value is -3.09. The van der Waals surface area contributed by atoms with Gasteiger partial charge in [-0.1, -0.05) is 0 Å². The Labute approximate surface area is 146 Å². The third kappa shape index (κ3) is 3.71. The lowest BCUT2D eigenvalue weighted by molar-refractivity contribution is 0.397. The summed E-state index contributed by atoms with van der Waals surface area (Å²) in [4.78, 5) is 0. The molecule has 7 nitrogen and oxygen atoms in total. The van der Waals surface area contributed by atoms with E-state index >= 15 is 0 Å². The van der Waals surface area contributed by atoms with Crippen molar-refractivity contribution in [3.05, 3.63) is 53.9 Å². The molecule has 3 rings (SSSR count). The van der Waals surface area contributed by atoms with Crippen LogP contribution in [-0.2, 0) is 0 Å². The molecule has 2 heterocycles. The number of hydrogen-bond donors (Lipinski definition) is 1. The second-order valence-electron chi connectivity index (χ2n) is 5.65. The third-order valence-corrected chi connectivity index (χ3v) is 3.88. The highest BCUT2D eigenvalue weighted by atomic mass is 16.5. The van der Waals surface area contributed by atoms with E-state index in [4.69, 9.17) is 9.47 Å². The second kappa shape index (κ2) is 7.21. The van der Waals surface area contributed by atoms with Gasteiger partial charge in [-0.2, -0.15) is 5.10 Å². The highest BCUT2D eigenvalue weighted by Crippen LogP contribution is 2.30. The maximum atomic E-state index is 5.44. The molecular formula is C18H21N5O2. The number of methoxy groups -OCH3 is 2. The number of benzene rings is 1. The van der Waals surface area contributed by atoms with E-state index < -0.39 is 0 Å². The summed E-state index contributed by atoms with van der Waals surface area (Å²) in [5, 5.41) is 16.1. The molecule has 1 atom stereocenters. The number of nitrogens with zero attached hydrogens (tertiary/aromatic N) is 4. The number of aryl methyl sites for hydroxylation is 1. The van der Waals surface area contributed by atoms with E-state index in [1.807, 2.05) is 56.4 Å². The highest BCUT2D eigenvalue weighted by molar-refractivity contribution is 5.46. The highest BCUT2D eigenvalue weighted by Gasteiger charge is 2.14. The van der Waals surface area contributed by atoms with E-state index in [-0.39, 0.29) is 6.04 Å². The molecule has 0 bridgehead atoms. The van der Waals surface area contributed by atoms with Crippen LogP contribution >= 0.6 is 0 Å². The molecule has 3 aromatic rings. The Balaban J connectivity index is 1.78. The summed E-state index contributed by atoms with van der Waals surface area (Å²) in [5.74, 6) is 2.91. The quantitative estimate of drug-likeness (QED) is 0.743. The lowest BCUT2D eigenvalue weighted by Crippen LogP contribution is -2.11. The van der Waals surface area contributed by atoms with Gasteiger partial charge in [-0.25, -0.2) is 4.68 Å². The maximum Gasteiger partial charge on any atom is 0.175 e. The number of aromatic nitrogens is 4. The van der Waals surface area contributed by atoms with Crippen LogP contribution in [0.15, 0.2) is 42.6 Å². The number of hydrogen-bond acceptors (Lipinski definition) is 6. The first-order valence-electron chi connectivity index (χ1n) is 7.95. The van der Waals surface area contributed by atoms with Crippen molar-refractivity contribution in [2.45, 2.75) is 19.9 Å². The molecule has 0 saturated carbocycles. The van der Waals surface area contributed by atoms with Crippen molar-refractivity contribution >= 4 is 5.82 Å². The molecule has 1 unspecified atom stereocenters. The molecular weight excluding hydrogens is 318 g/mol. The number of anilines is 1. The lowest BCUT2D eigenvalue weighted by Gasteiger charge is -2.18. The Morgan fingerprint density at radius 3 is 2.48 bits per heavy atom. The summed E-state index contributed by atoms with van der Waals surface area (Å²) in [6.07, 6.45) is 1.86. The van der Waals surface area contributed by atoms with Crippen LogP contribution in [0.25, 0.3) is 5.82 Å². The van der Waals surface area contributed by atoms with Gasteiger partial charge in [0.1, 0.15) is 17.3 Å². The van der Waals surface area contributed by atoms with Gasteiger partial charge in [-0.15, -0.1) is 10.2 Å². The van der Waals surface area contributed by atoms with Gasteiger partial charge in [-0.3, -0.25) is 0 Å². The normalized spacial score (nSPS) is 11.8. The summed E-state index contributed by atoms with van der Waals surface area (Å²) in [6, 6.07) is 11.4. The smallest absolute Gasteiger partial charge is 0.175 e. The molecule has 2 aromatic heterocycles. The molecule has 0 fully saturated rings. The molecule has 0 saturated heterocycles. The zero-order chi connectivity index (χ0) is 17.8. The topological polar surface area (TPSA) is 74.1 Å². The zero-order valence-electron chi connectivity index (χ0n) is 14.7. The Morgan fingerprint density at radius 2 is 1.88 bits per heavy atom. The van der Waals surface area contributed by atoms with Gasteiger partial charge in [-0.05, 0) is 50.2 Å². The fourth-order valence-corrected chi connectivity index (χ4v) is 2.54. The summed E-state index contributed by atoms with van der Waals surface area (Å²) in [6.45, 7) is 3.97. The lowest BCUT2D eigenvalue weighted by atomic mass is 10.1. The summed E-state index contributed by atoms with van der Waals surface area (Å²) in [7, 11) is 3.30. The fraction of sp³-hybridized carbons (Fsp3) is 0.278. The molecule has 25 heavy (non-hydrogen) atoms. The van der Waals surface area contributed by atoms with Crippen LogP contribution in [-0.4, -0.2) is 34.2 Å². The number of ether oxygens (including phenoxy) is 2. The van der Waals surface area contributed by atoms with Crippen molar-refractivity contribution in [1.82, 2.24) is 20.0 Å². The van der Waals surface area contributed by atoms with Crippen molar-refractivity contribution in [2.24, 2.45) is 0 Å². The van der Waals surface area contributed by atoms with Crippen LogP contribution in [0.4, 0.5) is 5.82 Å². The third-order valence-electron chi connectivity index (χ3n) is 3.88. The van der Waals surface area contributed by atoms with Gasteiger partial charge in [0.05, 0.1) is 26.0 Å². The average molecular weight is 339 g/mol. The van der Waals surface area contributed by atoms with E-state index in [1.54, 1.807) is 18.9 Å².